The summed E-state index contributed by atoms with van der Waals surface area (Å²) in [6, 6.07) is 2.17. The van der Waals surface area contributed by atoms with E-state index < -0.39 is 0 Å². The third-order valence-corrected chi connectivity index (χ3v) is 4.85. The van der Waals surface area contributed by atoms with E-state index in [4.69, 9.17) is 4.74 Å². The van der Waals surface area contributed by atoms with Gasteiger partial charge in [0.2, 0.25) is 0 Å². The van der Waals surface area contributed by atoms with Gasteiger partial charge in [0.05, 0.1) is 13.7 Å². The molecule has 0 bridgehead atoms. The molecular formula is C14H21NO3S. The molecule has 5 heteroatoms. The largest absolute Gasteiger partial charge is 0.465 e. The number of carbonyl (C=O) groups excluding carboxylic acids is 1. The second-order valence-corrected chi connectivity index (χ2v) is 6.02. The molecule has 1 aliphatic heterocycles. The smallest absolute Gasteiger partial charge is 0.348 e. The van der Waals surface area contributed by atoms with E-state index in [-0.39, 0.29) is 18.6 Å². The lowest BCUT2D eigenvalue weighted by atomic mass is 9.91. The number of likely N-dealkylation sites (tertiary alicyclic amines) is 1. The van der Waals surface area contributed by atoms with Gasteiger partial charge in [-0.3, -0.25) is 4.90 Å². The summed E-state index contributed by atoms with van der Waals surface area (Å²) in [6.45, 7) is 4.05. The summed E-state index contributed by atoms with van der Waals surface area (Å²) in [5, 5.41) is 11.5. The Labute approximate surface area is 118 Å². The minimum absolute atomic E-state index is 0.179. The number of carbonyl (C=O) groups is 1. The van der Waals surface area contributed by atoms with Crippen LogP contribution in [0.1, 0.15) is 35.0 Å². The highest BCUT2D eigenvalue weighted by Crippen LogP contribution is 2.27. The molecule has 2 heterocycles. The van der Waals surface area contributed by atoms with Gasteiger partial charge in [0, 0.05) is 12.6 Å². The minimum Gasteiger partial charge on any atom is -0.465 e. The van der Waals surface area contributed by atoms with E-state index in [9.17, 15) is 9.90 Å². The molecule has 0 spiro atoms. The Hall–Kier alpha value is -0.910. The molecule has 0 saturated carbocycles. The quantitative estimate of drug-likeness (QED) is 0.860. The first kappa shape index (κ1) is 14.5. The Kier molecular flexibility index (Phi) is 4.96. The van der Waals surface area contributed by atoms with Crippen LogP contribution < -0.4 is 0 Å². The van der Waals surface area contributed by atoms with Gasteiger partial charge in [0.1, 0.15) is 4.88 Å². The van der Waals surface area contributed by atoms with Gasteiger partial charge < -0.3 is 9.84 Å². The molecule has 106 valence electrons. The first-order chi connectivity index (χ1) is 9.17. The molecule has 1 N–H and O–H groups in total. The molecule has 4 nitrogen and oxygen atoms in total. The van der Waals surface area contributed by atoms with E-state index in [0.29, 0.717) is 17.3 Å². The molecule has 1 aromatic heterocycles. The number of nitrogens with zero attached hydrogens (tertiary/aromatic N) is 1. The Bertz CT molecular complexity index is 432. The first-order valence-corrected chi connectivity index (χ1v) is 7.55. The topological polar surface area (TPSA) is 49.8 Å². The van der Waals surface area contributed by atoms with Gasteiger partial charge in [-0.15, -0.1) is 11.3 Å². The summed E-state index contributed by atoms with van der Waals surface area (Å²) in [7, 11) is 1.41. The van der Waals surface area contributed by atoms with E-state index in [2.05, 4.69) is 11.8 Å². The van der Waals surface area contributed by atoms with Crippen LogP contribution >= 0.6 is 11.3 Å². The Morgan fingerprint density at radius 1 is 1.63 bits per heavy atom. The molecule has 0 amide bonds. The van der Waals surface area contributed by atoms with Gasteiger partial charge in [0.15, 0.2) is 0 Å². The maximum atomic E-state index is 11.7. The zero-order chi connectivity index (χ0) is 13.8. The molecule has 0 aliphatic carbocycles. The van der Waals surface area contributed by atoms with Crippen molar-refractivity contribution in [3.63, 3.8) is 0 Å². The number of piperidine rings is 1. The molecule has 1 fully saturated rings. The molecular weight excluding hydrogens is 262 g/mol. The Balaban J connectivity index is 2.11. The van der Waals surface area contributed by atoms with Crippen LogP contribution in [-0.4, -0.2) is 42.3 Å². The van der Waals surface area contributed by atoms with Crippen molar-refractivity contribution in [2.75, 3.05) is 20.3 Å². The van der Waals surface area contributed by atoms with Crippen molar-refractivity contribution in [1.82, 2.24) is 4.90 Å². The predicted octanol–water partition coefficient (Wildman–Crippen LogP) is 2.13. The van der Waals surface area contributed by atoms with E-state index in [1.165, 1.54) is 18.4 Å². The van der Waals surface area contributed by atoms with Crippen molar-refractivity contribution in [3.8, 4) is 0 Å². The normalized spacial score (nSPS) is 24.4. The molecule has 2 rings (SSSR count). The molecule has 2 atom stereocenters. The number of aliphatic hydroxyl groups is 1. The number of ether oxygens (including phenoxy) is 1. The maximum Gasteiger partial charge on any atom is 0.348 e. The van der Waals surface area contributed by atoms with Crippen LogP contribution in [0.3, 0.4) is 0 Å². The van der Waals surface area contributed by atoms with Crippen molar-refractivity contribution in [2.45, 2.75) is 32.4 Å². The van der Waals surface area contributed by atoms with Gasteiger partial charge in [-0.1, -0.05) is 6.92 Å². The number of rotatable bonds is 4. The van der Waals surface area contributed by atoms with Crippen molar-refractivity contribution < 1.29 is 14.6 Å². The molecule has 2 unspecified atom stereocenters. The van der Waals surface area contributed by atoms with Crippen molar-refractivity contribution >= 4 is 17.3 Å². The highest BCUT2D eigenvalue weighted by Gasteiger charge is 2.29. The third kappa shape index (κ3) is 3.16. The number of aliphatic hydroxyl groups excluding tert-OH is 1. The summed E-state index contributed by atoms with van der Waals surface area (Å²) in [5.74, 6) is 0.231. The predicted molar refractivity (Wildman–Crippen MR) is 75.3 cm³/mol. The average Bonchev–Trinajstić information content (AvgIpc) is 2.86. The van der Waals surface area contributed by atoms with Crippen molar-refractivity contribution in [2.24, 2.45) is 5.92 Å². The fourth-order valence-corrected chi connectivity index (χ4v) is 3.61. The standard InChI is InChI=1S/C14H21NO3S/c1-10-4-3-6-15(12(10)9-16)8-11-5-7-19-13(11)14(17)18-2/h5,7,10,12,16H,3-4,6,8-9H2,1-2H3. The number of hydrogen-bond donors (Lipinski definition) is 1. The van der Waals surface area contributed by atoms with Crippen LogP contribution in [0.25, 0.3) is 0 Å². The Morgan fingerprint density at radius 3 is 3.11 bits per heavy atom. The van der Waals surface area contributed by atoms with Gasteiger partial charge in [-0.05, 0) is 42.3 Å². The third-order valence-electron chi connectivity index (χ3n) is 3.91. The number of hydrogen-bond acceptors (Lipinski definition) is 5. The van der Waals surface area contributed by atoms with Crippen LogP contribution in [0.15, 0.2) is 11.4 Å². The fourth-order valence-electron chi connectivity index (χ4n) is 2.78. The number of methoxy groups -OCH3 is 1. The Morgan fingerprint density at radius 2 is 2.42 bits per heavy atom. The lowest BCUT2D eigenvalue weighted by molar-refractivity contribution is 0.0463. The van der Waals surface area contributed by atoms with E-state index >= 15 is 0 Å². The van der Waals surface area contributed by atoms with Crippen LogP contribution in [0.4, 0.5) is 0 Å². The fraction of sp³-hybridized carbons (Fsp3) is 0.643. The number of thiophene rings is 1. The van der Waals surface area contributed by atoms with Crippen LogP contribution in [0.5, 0.6) is 0 Å². The van der Waals surface area contributed by atoms with E-state index in [0.717, 1.165) is 24.9 Å². The van der Waals surface area contributed by atoms with E-state index in [1.54, 1.807) is 0 Å². The summed E-state index contributed by atoms with van der Waals surface area (Å²) in [6.07, 6.45) is 2.31. The lowest BCUT2D eigenvalue weighted by Gasteiger charge is -2.39. The average molecular weight is 283 g/mol. The highest BCUT2D eigenvalue weighted by molar-refractivity contribution is 7.12. The molecule has 0 radical (unpaired) electrons. The zero-order valence-electron chi connectivity index (χ0n) is 11.5. The summed E-state index contributed by atoms with van der Waals surface area (Å²) in [4.78, 5) is 14.6. The molecule has 1 aliphatic rings. The second kappa shape index (κ2) is 6.50. The van der Waals surface area contributed by atoms with Gasteiger partial charge >= 0.3 is 5.97 Å². The lowest BCUT2D eigenvalue weighted by Crippen LogP contribution is -2.46. The van der Waals surface area contributed by atoms with Gasteiger partial charge in [0.25, 0.3) is 0 Å². The minimum atomic E-state index is -0.268. The zero-order valence-corrected chi connectivity index (χ0v) is 12.3. The molecule has 19 heavy (non-hydrogen) atoms. The van der Waals surface area contributed by atoms with Crippen molar-refractivity contribution in [1.29, 1.82) is 0 Å². The SMILES string of the molecule is COC(=O)c1sccc1CN1CCCC(C)C1CO. The van der Waals surface area contributed by atoms with Gasteiger partial charge in [-0.2, -0.15) is 0 Å². The van der Waals surface area contributed by atoms with Crippen LogP contribution in [-0.2, 0) is 11.3 Å². The van der Waals surface area contributed by atoms with Crippen molar-refractivity contribution in [3.05, 3.63) is 21.9 Å². The molecule has 1 aromatic rings. The maximum absolute atomic E-state index is 11.7. The highest BCUT2D eigenvalue weighted by atomic mass is 32.1. The second-order valence-electron chi connectivity index (χ2n) is 5.11. The summed E-state index contributed by atoms with van der Waals surface area (Å²) < 4.78 is 4.80. The van der Waals surface area contributed by atoms with Crippen LogP contribution in [0, 0.1) is 5.92 Å². The summed E-state index contributed by atoms with van der Waals surface area (Å²) in [5.41, 5.74) is 1.00. The number of esters is 1. The van der Waals surface area contributed by atoms with Crippen LogP contribution in [0.2, 0.25) is 0 Å². The first-order valence-electron chi connectivity index (χ1n) is 6.67. The molecule has 0 aromatic carbocycles. The monoisotopic (exact) mass is 283 g/mol. The van der Waals surface area contributed by atoms with E-state index in [1.807, 2.05) is 11.4 Å². The summed E-state index contributed by atoms with van der Waals surface area (Å²) >= 11 is 1.42. The van der Waals surface area contributed by atoms with Gasteiger partial charge in [-0.25, -0.2) is 4.79 Å². The molecule has 1 saturated heterocycles.